The highest BCUT2D eigenvalue weighted by molar-refractivity contribution is 9.10. The van der Waals surface area contributed by atoms with Crippen LogP contribution < -0.4 is 0 Å². The lowest BCUT2D eigenvalue weighted by molar-refractivity contribution is 0.630. The lowest BCUT2D eigenvalue weighted by Gasteiger charge is -2.11. The second-order valence-electron chi connectivity index (χ2n) is 4.38. The van der Waals surface area contributed by atoms with E-state index in [1.165, 1.54) is 0 Å². The average Bonchev–Trinajstić information content (AvgIpc) is 2.41. The van der Waals surface area contributed by atoms with Crippen molar-refractivity contribution in [2.75, 3.05) is 0 Å². The third-order valence-electron chi connectivity index (χ3n) is 2.90. The second-order valence-corrected chi connectivity index (χ2v) is 5.97. The minimum absolute atomic E-state index is 0.0358. The normalized spacial score (nSPS) is 10.9. The van der Waals surface area contributed by atoms with Crippen LogP contribution in [0.1, 0.15) is 24.7 Å². The van der Waals surface area contributed by atoms with Crippen molar-refractivity contribution in [2.45, 2.75) is 26.7 Å². The number of benzene rings is 1. The van der Waals surface area contributed by atoms with Crippen LogP contribution in [0.25, 0.3) is 11.3 Å². The zero-order chi connectivity index (χ0) is 14.9. The molecule has 106 valence electrons. The maximum atomic E-state index is 14.3. The molecule has 0 unspecified atom stereocenters. The molecule has 1 heterocycles. The number of nitrogens with zero attached hydrogens (tertiary/aromatic N) is 2. The largest absolute Gasteiger partial charge is 0.232 e. The van der Waals surface area contributed by atoms with Crippen molar-refractivity contribution < 1.29 is 4.39 Å². The summed E-state index contributed by atoms with van der Waals surface area (Å²) in [5.74, 6) is 0.0953. The molecule has 0 fully saturated rings. The molecule has 0 spiro atoms. The summed E-state index contributed by atoms with van der Waals surface area (Å²) in [6.45, 7) is 3.79. The van der Waals surface area contributed by atoms with Crippen molar-refractivity contribution in [3.63, 3.8) is 0 Å². The first-order chi connectivity index (χ1) is 9.45. The second kappa shape index (κ2) is 6.37. The Kier molecular flexibility index (Phi) is 4.99. The molecule has 0 bridgehead atoms. The van der Waals surface area contributed by atoms with Crippen LogP contribution in [0.4, 0.5) is 4.39 Å². The van der Waals surface area contributed by atoms with E-state index in [1.807, 2.05) is 6.92 Å². The van der Waals surface area contributed by atoms with Crippen LogP contribution >= 0.6 is 39.1 Å². The molecule has 0 saturated heterocycles. The summed E-state index contributed by atoms with van der Waals surface area (Å²) >= 11 is 15.2. The zero-order valence-corrected chi connectivity index (χ0v) is 14.1. The number of halogens is 4. The van der Waals surface area contributed by atoms with Gasteiger partial charge in [0.2, 0.25) is 0 Å². The SMILES string of the molecule is CCCc1nc(Cl)c(C)c(-c2ccc(Br)c(Cl)c2F)n1. The Bertz CT molecular complexity index is 662. The molecule has 2 nitrogen and oxygen atoms in total. The van der Waals surface area contributed by atoms with Gasteiger partial charge < -0.3 is 0 Å². The van der Waals surface area contributed by atoms with E-state index < -0.39 is 5.82 Å². The summed E-state index contributed by atoms with van der Waals surface area (Å²) in [6.07, 6.45) is 1.58. The first kappa shape index (κ1) is 15.7. The third-order valence-corrected chi connectivity index (χ3v) is 4.52. The van der Waals surface area contributed by atoms with Gasteiger partial charge in [-0.15, -0.1) is 0 Å². The maximum Gasteiger partial charge on any atom is 0.152 e. The Balaban J connectivity index is 2.66. The van der Waals surface area contributed by atoms with Gasteiger partial charge in [0.05, 0.1) is 10.7 Å². The van der Waals surface area contributed by atoms with Gasteiger partial charge in [-0.1, -0.05) is 30.1 Å². The quantitative estimate of drug-likeness (QED) is 0.512. The fraction of sp³-hybridized carbons (Fsp3) is 0.286. The lowest BCUT2D eigenvalue weighted by atomic mass is 10.1. The van der Waals surface area contributed by atoms with Gasteiger partial charge in [-0.25, -0.2) is 14.4 Å². The molecule has 0 radical (unpaired) electrons. The molecular formula is C14H12BrCl2FN2. The average molecular weight is 378 g/mol. The van der Waals surface area contributed by atoms with Crippen molar-refractivity contribution in [3.8, 4) is 11.3 Å². The Morgan fingerprint density at radius 2 is 1.95 bits per heavy atom. The number of hydrogen-bond acceptors (Lipinski definition) is 2. The molecular weight excluding hydrogens is 366 g/mol. The monoisotopic (exact) mass is 376 g/mol. The molecule has 6 heteroatoms. The lowest BCUT2D eigenvalue weighted by Crippen LogP contribution is -2.02. The fourth-order valence-electron chi connectivity index (χ4n) is 1.84. The smallest absolute Gasteiger partial charge is 0.152 e. The minimum Gasteiger partial charge on any atom is -0.232 e. The van der Waals surface area contributed by atoms with Crippen molar-refractivity contribution in [1.29, 1.82) is 0 Å². The first-order valence-corrected chi connectivity index (χ1v) is 7.67. The van der Waals surface area contributed by atoms with E-state index in [-0.39, 0.29) is 5.02 Å². The van der Waals surface area contributed by atoms with E-state index >= 15 is 0 Å². The molecule has 0 saturated carbocycles. The van der Waals surface area contributed by atoms with Gasteiger partial charge in [0.1, 0.15) is 11.0 Å². The molecule has 0 amide bonds. The molecule has 0 aliphatic heterocycles. The van der Waals surface area contributed by atoms with Crippen LogP contribution in [0.5, 0.6) is 0 Å². The summed E-state index contributed by atoms with van der Waals surface area (Å²) < 4.78 is 14.8. The predicted molar refractivity (Wildman–Crippen MR) is 83.9 cm³/mol. The van der Waals surface area contributed by atoms with E-state index in [4.69, 9.17) is 23.2 Å². The van der Waals surface area contributed by atoms with Gasteiger partial charge in [-0.05, 0) is 41.4 Å². The van der Waals surface area contributed by atoms with Gasteiger partial charge in [0, 0.05) is 22.0 Å². The summed E-state index contributed by atoms with van der Waals surface area (Å²) in [7, 11) is 0. The molecule has 20 heavy (non-hydrogen) atoms. The topological polar surface area (TPSA) is 25.8 Å². The van der Waals surface area contributed by atoms with Crippen molar-refractivity contribution in [1.82, 2.24) is 9.97 Å². The van der Waals surface area contributed by atoms with E-state index in [0.29, 0.717) is 38.7 Å². The number of aromatic nitrogens is 2. The van der Waals surface area contributed by atoms with Crippen LogP contribution in [0.3, 0.4) is 0 Å². The van der Waals surface area contributed by atoms with Crippen molar-refractivity contribution in [2.24, 2.45) is 0 Å². The van der Waals surface area contributed by atoms with Gasteiger partial charge in [-0.3, -0.25) is 0 Å². The number of aryl methyl sites for hydroxylation is 1. The van der Waals surface area contributed by atoms with Gasteiger partial charge >= 0.3 is 0 Å². The summed E-state index contributed by atoms with van der Waals surface area (Å²) in [4.78, 5) is 8.62. The molecule has 1 aromatic heterocycles. The van der Waals surface area contributed by atoms with E-state index in [1.54, 1.807) is 19.1 Å². The molecule has 0 N–H and O–H groups in total. The molecule has 0 atom stereocenters. The molecule has 2 rings (SSSR count). The van der Waals surface area contributed by atoms with E-state index in [9.17, 15) is 4.39 Å². The highest BCUT2D eigenvalue weighted by Crippen LogP contribution is 2.34. The molecule has 2 aromatic rings. The van der Waals surface area contributed by atoms with E-state index in [0.717, 1.165) is 6.42 Å². The summed E-state index contributed by atoms with van der Waals surface area (Å²) in [5.41, 5.74) is 1.46. The Labute approximate surface area is 135 Å². The zero-order valence-electron chi connectivity index (χ0n) is 11.0. The number of rotatable bonds is 3. The van der Waals surface area contributed by atoms with Crippen molar-refractivity contribution in [3.05, 3.63) is 44.0 Å². The van der Waals surface area contributed by atoms with Crippen LogP contribution in [0.15, 0.2) is 16.6 Å². The Morgan fingerprint density at radius 1 is 1.25 bits per heavy atom. The van der Waals surface area contributed by atoms with Crippen LogP contribution in [0.2, 0.25) is 10.2 Å². The minimum atomic E-state index is -0.513. The Hall–Kier alpha value is -0.710. The Morgan fingerprint density at radius 3 is 2.60 bits per heavy atom. The van der Waals surface area contributed by atoms with Gasteiger partial charge in [0.15, 0.2) is 5.82 Å². The van der Waals surface area contributed by atoms with Gasteiger partial charge in [-0.2, -0.15) is 0 Å². The highest BCUT2D eigenvalue weighted by Gasteiger charge is 2.17. The summed E-state index contributed by atoms with van der Waals surface area (Å²) in [5, 5.41) is 0.380. The third kappa shape index (κ3) is 2.97. The van der Waals surface area contributed by atoms with Gasteiger partial charge in [0.25, 0.3) is 0 Å². The molecule has 0 aliphatic rings. The maximum absolute atomic E-state index is 14.3. The summed E-state index contributed by atoms with van der Waals surface area (Å²) in [6, 6.07) is 3.32. The van der Waals surface area contributed by atoms with Crippen LogP contribution in [-0.4, -0.2) is 9.97 Å². The number of hydrogen-bond donors (Lipinski definition) is 0. The van der Waals surface area contributed by atoms with E-state index in [2.05, 4.69) is 25.9 Å². The van der Waals surface area contributed by atoms with Crippen molar-refractivity contribution >= 4 is 39.1 Å². The van der Waals surface area contributed by atoms with Crippen LogP contribution in [-0.2, 0) is 6.42 Å². The first-order valence-electron chi connectivity index (χ1n) is 6.12. The highest BCUT2D eigenvalue weighted by atomic mass is 79.9. The predicted octanol–water partition coefficient (Wildman–Crippen LogP) is 5.61. The fourth-order valence-corrected chi connectivity index (χ4v) is 2.50. The van der Waals surface area contributed by atoms with Crippen LogP contribution in [0, 0.1) is 12.7 Å². The molecule has 1 aromatic carbocycles. The molecule has 0 aliphatic carbocycles. The standard InChI is InChI=1S/C14H12BrCl2FN2/c1-3-4-10-19-13(7(2)14(17)20-10)8-5-6-9(15)11(16)12(8)18/h5-6H,3-4H2,1-2H3.